The minimum atomic E-state index is -3.48. The van der Waals surface area contributed by atoms with Crippen LogP contribution >= 0.6 is 0 Å². The fourth-order valence-electron chi connectivity index (χ4n) is 4.92. The Bertz CT molecular complexity index is 1530. The number of nitrogens with zero attached hydrogens (tertiary/aromatic N) is 4. The van der Waals surface area contributed by atoms with Crippen LogP contribution in [-0.4, -0.2) is 79.0 Å². The fraction of sp³-hybridized carbons (Fsp3) is 0.407. The van der Waals surface area contributed by atoms with Gasteiger partial charge in [-0.2, -0.15) is 0 Å². The zero-order chi connectivity index (χ0) is 27.7. The smallest absolute Gasteiger partial charge is 0.270 e. The Morgan fingerprint density at radius 2 is 1.88 bits per heavy atom. The maximum atomic E-state index is 15.1. The number of nitrogens with two attached hydrogens (primary N) is 1. The molecule has 11 nitrogen and oxygen atoms in total. The molecule has 0 saturated carbocycles. The first-order chi connectivity index (χ1) is 19.4. The number of nitrogens with one attached hydrogen (secondary N) is 1. The summed E-state index contributed by atoms with van der Waals surface area (Å²) in [7, 11) is -3.48. The van der Waals surface area contributed by atoms with Crippen LogP contribution in [0.3, 0.4) is 0 Å². The summed E-state index contributed by atoms with van der Waals surface area (Å²) >= 11 is 0. The molecule has 210 valence electrons. The Balaban J connectivity index is 1.17. The Kier molecular flexibility index (Phi) is 7.45. The van der Waals surface area contributed by atoms with Gasteiger partial charge in [0.2, 0.25) is 5.89 Å². The van der Waals surface area contributed by atoms with Crippen molar-refractivity contribution in [3.8, 4) is 22.8 Å². The SMILES string of the molecule is Nc1ncc(-c2ccc(S(=O)(=O)C3CCOC3)cc2)nc1-c1nnc([C@H]2C=CC(CN[C@H]3CCOC3)=CC2F)o1. The average molecular weight is 569 g/mol. The van der Waals surface area contributed by atoms with E-state index in [1.165, 1.54) is 6.20 Å². The number of rotatable bonds is 8. The van der Waals surface area contributed by atoms with Gasteiger partial charge in [0.1, 0.15) is 6.17 Å². The predicted molar refractivity (Wildman–Crippen MR) is 144 cm³/mol. The Hall–Kier alpha value is -3.52. The van der Waals surface area contributed by atoms with Crippen LogP contribution in [0.25, 0.3) is 22.8 Å². The lowest BCUT2D eigenvalue weighted by atomic mass is 9.94. The first kappa shape index (κ1) is 26.7. The van der Waals surface area contributed by atoms with E-state index in [2.05, 4.69) is 25.5 Å². The second-order valence-corrected chi connectivity index (χ2v) is 12.2. The second-order valence-electron chi connectivity index (χ2n) is 10.0. The summed E-state index contributed by atoms with van der Waals surface area (Å²) in [6.45, 7) is 2.60. The number of alkyl halides is 1. The van der Waals surface area contributed by atoms with E-state index in [1.807, 2.05) is 6.08 Å². The Morgan fingerprint density at radius 3 is 2.60 bits per heavy atom. The van der Waals surface area contributed by atoms with Crippen LogP contribution in [0, 0.1) is 0 Å². The van der Waals surface area contributed by atoms with Crippen LogP contribution in [0.5, 0.6) is 0 Å². The Labute approximate surface area is 230 Å². The molecule has 0 spiro atoms. The van der Waals surface area contributed by atoms with Crippen LogP contribution in [0.1, 0.15) is 24.7 Å². The van der Waals surface area contributed by atoms with Crippen molar-refractivity contribution in [2.75, 3.05) is 38.7 Å². The molecule has 2 aromatic heterocycles. The molecular formula is C27H29FN6O5S. The highest BCUT2D eigenvalue weighted by molar-refractivity contribution is 7.92. The van der Waals surface area contributed by atoms with Gasteiger partial charge in [-0.05, 0) is 36.6 Å². The topological polar surface area (TPSA) is 155 Å². The van der Waals surface area contributed by atoms with E-state index in [0.29, 0.717) is 37.4 Å². The van der Waals surface area contributed by atoms with Crippen molar-refractivity contribution in [1.29, 1.82) is 0 Å². The summed E-state index contributed by atoms with van der Waals surface area (Å²) in [6, 6.07) is 6.68. The van der Waals surface area contributed by atoms with Gasteiger partial charge in [-0.25, -0.2) is 22.8 Å². The summed E-state index contributed by atoms with van der Waals surface area (Å²) in [6.07, 6.45) is 6.68. The first-order valence-electron chi connectivity index (χ1n) is 13.1. The number of nitrogen functional groups attached to an aromatic ring is 1. The summed E-state index contributed by atoms with van der Waals surface area (Å²) in [4.78, 5) is 8.96. The lowest BCUT2D eigenvalue weighted by Gasteiger charge is -2.18. The predicted octanol–water partition coefficient (Wildman–Crippen LogP) is 2.63. The molecule has 2 saturated heterocycles. The van der Waals surface area contributed by atoms with Gasteiger partial charge in [-0.15, -0.1) is 10.2 Å². The van der Waals surface area contributed by atoms with Crippen molar-refractivity contribution in [2.45, 2.75) is 41.1 Å². The third-order valence-corrected chi connectivity index (χ3v) is 9.47. The van der Waals surface area contributed by atoms with Gasteiger partial charge in [-0.1, -0.05) is 24.3 Å². The molecule has 2 fully saturated rings. The molecule has 3 aromatic rings. The van der Waals surface area contributed by atoms with E-state index >= 15 is 4.39 Å². The maximum Gasteiger partial charge on any atom is 0.270 e. The van der Waals surface area contributed by atoms with Crippen LogP contribution in [0.4, 0.5) is 10.2 Å². The van der Waals surface area contributed by atoms with Crippen LogP contribution in [0.15, 0.2) is 63.6 Å². The number of allylic oxidation sites excluding steroid dienone is 2. The molecule has 1 aromatic carbocycles. The molecule has 0 bridgehead atoms. The lowest BCUT2D eigenvalue weighted by Crippen LogP contribution is -2.31. The molecule has 13 heteroatoms. The van der Waals surface area contributed by atoms with Gasteiger partial charge in [0, 0.05) is 31.4 Å². The highest BCUT2D eigenvalue weighted by Gasteiger charge is 2.31. The summed E-state index contributed by atoms with van der Waals surface area (Å²) in [5.41, 5.74) is 8.13. The molecule has 2 unspecified atom stereocenters. The van der Waals surface area contributed by atoms with Crippen molar-refractivity contribution in [2.24, 2.45) is 0 Å². The third-order valence-electron chi connectivity index (χ3n) is 7.29. The fourth-order valence-corrected chi connectivity index (χ4v) is 6.50. The van der Waals surface area contributed by atoms with E-state index in [1.54, 1.807) is 36.4 Å². The lowest BCUT2D eigenvalue weighted by molar-refractivity contribution is 0.190. The number of ether oxygens (including phenoxy) is 2. The Morgan fingerprint density at radius 1 is 1.07 bits per heavy atom. The third kappa shape index (κ3) is 5.42. The van der Waals surface area contributed by atoms with Crippen LogP contribution in [0.2, 0.25) is 0 Å². The molecule has 40 heavy (non-hydrogen) atoms. The largest absolute Gasteiger partial charge is 0.418 e. The molecule has 0 radical (unpaired) electrons. The van der Waals surface area contributed by atoms with Gasteiger partial charge in [0.15, 0.2) is 21.3 Å². The van der Waals surface area contributed by atoms with Crippen molar-refractivity contribution < 1.29 is 26.7 Å². The van der Waals surface area contributed by atoms with Gasteiger partial charge in [0.05, 0.1) is 41.2 Å². The van der Waals surface area contributed by atoms with Crippen molar-refractivity contribution in [3.05, 3.63) is 60.2 Å². The van der Waals surface area contributed by atoms with Gasteiger partial charge >= 0.3 is 0 Å². The molecule has 0 amide bonds. The highest BCUT2D eigenvalue weighted by atomic mass is 32.2. The normalized spacial score (nSPS) is 24.9. The molecule has 4 heterocycles. The van der Waals surface area contributed by atoms with E-state index < -0.39 is 27.2 Å². The number of hydrogen-bond acceptors (Lipinski definition) is 11. The van der Waals surface area contributed by atoms with E-state index in [-0.39, 0.29) is 40.8 Å². The summed E-state index contributed by atoms with van der Waals surface area (Å²) in [5.74, 6) is -0.555. The minimum Gasteiger partial charge on any atom is -0.418 e. The summed E-state index contributed by atoms with van der Waals surface area (Å²) in [5, 5.41) is 10.9. The first-order valence-corrected chi connectivity index (χ1v) is 14.7. The zero-order valence-electron chi connectivity index (χ0n) is 21.6. The molecule has 3 N–H and O–H groups in total. The van der Waals surface area contributed by atoms with Crippen molar-refractivity contribution in [1.82, 2.24) is 25.5 Å². The highest BCUT2D eigenvalue weighted by Crippen LogP contribution is 2.32. The number of halogens is 1. The number of aromatic nitrogens is 4. The van der Waals surface area contributed by atoms with E-state index in [9.17, 15) is 8.42 Å². The van der Waals surface area contributed by atoms with Gasteiger partial charge in [0.25, 0.3) is 5.89 Å². The van der Waals surface area contributed by atoms with Gasteiger partial charge in [-0.3, -0.25) is 0 Å². The van der Waals surface area contributed by atoms with E-state index in [0.717, 1.165) is 18.6 Å². The zero-order valence-corrected chi connectivity index (χ0v) is 22.4. The minimum absolute atomic E-state index is 0.0144. The van der Waals surface area contributed by atoms with E-state index in [4.69, 9.17) is 19.6 Å². The van der Waals surface area contributed by atoms with Crippen LogP contribution < -0.4 is 11.1 Å². The molecule has 2 aliphatic heterocycles. The number of hydrogen-bond donors (Lipinski definition) is 2. The number of benzene rings is 1. The van der Waals surface area contributed by atoms with Crippen molar-refractivity contribution in [3.63, 3.8) is 0 Å². The molecule has 1 aliphatic carbocycles. The maximum absolute atomic E-state index is 15.1. The standard InChI is InChI=1S/C27H29FN6O5S/c28-22-11-16(12-30-18-7-9-37-14-18)1-6-21(22)26-33-34-27(39-26)24-25(29)31-13-23(32-24)17-2-4-19(5-3-17)40(35,36)20-8-10-38-15-20/h1-6,11,13,18,20-22,30H,7-10,12,14-15H2,(H2,29,31)/t18-,20?,21-,22?/m0/s1. The monoisotopic (exact) mass is 568 g/mol. The quantitative estimate of drug-likeness (QED) is 0.412. The molecular weight excluding hydrogens is 539 g/mol. The second kappa shape index (κ2) is 11.2. The molecule has 4 atom stereocenters. The van der Waals surface area contributed by atoms with Crippen molar-refractivity contribution >= 4 is 15.7 Å². The number of sulfone groups is 1. The van der Waals surface area contributed by atoms with Crippen LogP contribution in [-0.2, 0) is 19.3 Å². The summed E-state index contributed by atoms with van der Waals surface area (Å²) < 4.78 is 57.1. The average Bonchev–Trinajstić information content (AvgIpc) is 3.76. The number of anilines is 1. The van der Waals surface area contributed by atoms with Gasteiger partial charge < -0.3 is 24.9 Å². The molecule has 6 rings (SSSR count). The molecule has 3 aliphatic rings.